The first kappa shape index (κ1) is 14.2. The topological polar surface area (TPSA) is 0 Å². The molecule has 0 aliphatic rings. The highest BCUT2D eigenvalue weighted by Crippen LogP contribution is 2.34. The van der Waals surface area contributed by atoms with Crippen LogP contribution in [0, 0.1) is 0 Å². The van der Waals surface area contributed by atoms with Gasteiger partial charge >= 0.3 is 0 Å². The van der Waals surface area contributed by atoms with Gasteiger partial charge in [-0.1, -0.05) is 66.7 Å². The van der Waals surface area contributed by atoms with Crippen molar-refractivity contribution in [2.24, 2.45) is 0 Å². The van der Waals surface area contributed by atoms with Crippen LogP contribution in [-0.2, 0) is 6.42 Å². The molecule has 0 N–H and O–H groups in total. The molecule has 0 atom stereocenters. The van der Waals surface area contributed by atoms with Crippen molar-refractivity contribution in [1.29, 1.82) is 0 Å². The summed E-state index contributed by atoms with van der Waals surface area (Å²) in [5.41, 5.74) is 2.69. The van der Waals surface area contributed by atoms with Gasteiger partial charge in [0.25, 0.3) is 0 Å². The second-order valence-electron chi connectivity index (χ2n) is 5.78. The van der Waals surface area contributed by atoms with E-state index in [0.29, 0.717) is 0 Å². The molecule has 0 saturated heterocycles. The van der Waals surface area contributed by atoms with Gasteiger partial charge in [-0.15, -0.1) is 11.3 Å². The van der Waals surface area contributed by atoms with E-state index in [4.69, 9.17) is 0 Å². The first-order chi connectivity index (χ1) is 11.4. The smallest absolute Gasteiger partial charge is 0.0355 e. The van der Waals surface area contributed by atoms with E-state index in [2.05, 4.69) is 84.9 Å². The fraction of sp³-hybridized carbons (Fsp3) is 0.0909. The van der Waals surface area contributed by atoms with Gasteiger partial charge in [-0.05, 0) is 42.2 Å². The molecule has 0 fully saturated rings. The maximum atomic E-state index is 2.31. The highest BCUT2D eigenvalue weighted by atomic mass is 32.1. The summed E-state index contributed by atoms with van der Waals surface area (Å²) >= 11 is 1.87. The molecule has 0 nitrogen and oxygen atoms in total. The number of benzene rings is 3. The number of hydrogen-bond donors (Lipinski definition) is 0. The number of thiophene rings is 1. The molecule has 0 unspecified atom stereocenters. The van der Waals surface area contributed by atoms with Crippen molar-refractivity contribution < 1.29 is 0 Å². The molecule has 0 spiro atoms. The maximum Gasteiger partial charge on any atom is 0.0355 e. The minimum atomic E-state index is 1.08. The number of allylic oxidation sites excluding steroid dienone is 1. The van der Waals surface area contributed by atoms with E-state index in [1.165, 1.54) is 31.3 Å². The summed E-state index contributed by atoms with van der Waals surface area (Å²) < 4.78 is 2.74. The Kier molecular flexibility index (Phi) is 3.95. The molecule has 0 radical (unpaired) electrons. The van der Waals surface area contributed by atoms with E-state index in [-0.39, 0.29) is 0 Å². The van der Waals surface area contributed by atoms with Crippen molar-refractivity contribution in [1.82, 2.24) is 0 Å². The van der Waals surface area contributed by atoms with Gasteiger partial charge < -0.3 is 0 Å². The van der Waals surface area contributed by atoms with Crippen LogP contribution in [0.1, 0.15) is 17.5 Å². The van der Waals surface area contributed by atoms with Gasteiger partial charge in [0, 0.05) is 20.2 Å². The molecule has 1 aromatic heterocycles. The summed E-state index contributed by atoms with van der Waals surface area (Å²) in [6, 6.07) is 26.1. The van der Waals surface area contributed by atoms with E-state index in [0.717, 1.165) is 12.8 Å². The number of hydrogen-bond acceptors (Lipinski definition) is 1. The molecule has 4 aromatic rings. The van der Waals surface area contributed by atoms with Crippen LogP contribution in [-0.4, -0.2) is 0 Å². The van der Waals surface area contributed by atoms with Crippen molar-refractivity contribution in [3.8, 4) is 0 Å². The molecule has 4 rings (SSSR count). The van der Waals surface area contributed by atoms with Gasteiger partial charge in [0.05, 0.1) is 0 Å². The van der Waals surface area contributed by atoms with Gasteiger partial charge in [-0.25, -0.2) is 0 Å². The van der Waals surface area contributed by atoms with Gasteiger partial charge in [0.2, 0.25) is 0 Å². The zero-order valence-electron chi connectivity index (χ0n) is 12.9. The van der Waals surface area contributed by atoms with Crippen LogP contribution in [0.15, 0.2) is 78.9 Å². The Bertz CT molecular complexity index is 961. The van der Waals surface area contributed by atoms with Crippen LogP contribution in [0.3, 0.4) is 0 Å². The molecule has 0 saturated carbocycles. The molecule has 0 aliphatic heterocycles. The standard InChI is InChI=1S/C22H18S/c1-2-8-17(9-3-1)10-4-5-11-18-14-15-22-20(16-18)19-12-6-7-13-21(19)23-22/h1-3,5-9,11-16H,4,10H2. The average Bonchev–Trinajstić information content (AvgIpc) is 2.98. The Morgan fingerprint density at radius 2 is 1.52 bits per heavy atom. The molecule has 0 bridgehead atoms. The predicted molar refractivity (Wildman–Crippen MR) is 103 cm³/mol. The number of aryl methyl sites for hydroxylation is 1. The molecular weight excluding hydrogens is 296 g/mol. The number of rotatable bonds is 4. The molecule has 0 amide bonds. The third-order valence-corrected chi connectivity index (χ3v) is 5.31. The van der Waals surface area contributed by atoms with E-state index in [9.17, 15) is 0 Å². The second kappa shape index (κ2) is 6.39. The molecule has 1 heteroatoms. The zero-order valence-corrected chi connectivity index (χ0v) is 13.7. The van der Waals surface area contributed by atoms with Crippen molar-refractivity contribution >= 4 is 37.6 Å². The molecular formula is C22H18S. The highest BCUT2D eigenvalue weighted by Gasteiger charge is 2.03. The van der Waals surface area contributed by atoms with Crippen LogP contribution in [0.5, 0.6) is 0 Å². The van der Waals surface area contributed by atoms with Crippen molar-refractivity contribution in [2.45, 2.75) is 12.8 Å². The molecule has 0 aliphatic carbocycles. The summed E-state index contributed by atoms with van der Waals surface area (Å²) in [6.07, 6.45) is 6.70. The van der Waals surface area contributed by atoms with Crippen molar-refractivity contribution in [3.05, 3.63) is 90.0 Å². The lowest BCUT2D eigenvalue weighted by atomic mass is 10.1. The van der Waals surface area contributed by atoms with Crippen molar-refractivity contribution in [2.75, 3.05) is 0 Å². The van der Waals surface area contributed by atoms with Gasteiger partial charge in [-0.2, -0.15) is 0 Å². The van der Waals surface area contributed by atoms with E-state index < -0.39 is 0 Å². The van der Waals surface area contributed by atoms with Gasteiger partial charge in [-0.3, -0.25) is 0 Å². The Morgan fingerprint density at radius 1 is 0.739 bits per heavy atom. The molecule has 1 heterocycles. The highest BCUT2D eigenvalue weighted by molar-refractivity contribution is 7.25. The quantitative estimate of drug-likeness (QED) is 0.393. The largest absolute Gasteiger partial charge is 0.135 e. The lowest BCUT2D eigenvalue weighted by Crippen LogP contribution is -1.81. The Morgan fingerprint density at radius 3 is 2.43 bits per heavy atom. The van der Waals surface area contributed by atoms with Gasteiger partial charge in [0.1, 0.15) is 0 Å². The zero-order chi connectivity index (χ0) is 15.5. The summed E-state index contributed by atoms with van der Waals surface area (Å²) in [5, 5.41) is 2.74. The van der Waals surface area contributed by atoms with Gasteiger partial charge in [0.15, 0.2) is 0 Å². The SMILES string of the molecule is C(=Cc1ccc2sc3ccccc3c2c1)CCc1ccccc1. The van der Waals surface area contributed by atoms with Crippen LogP contribution >= 0.6 is 11.3 Å². The first-order valence-electron chi connectivity index (χ1n) is 8.02. The minimum absolute atomic E-state index is 1.08. The summed E-state index contributed by atoms with van der Waals surface area (Å²) in [5.74, 6) is 0. The monoisotopic (exact) mass is 314 g/mol. The fourth-order valence-electron chi connectivity index (χ4n) is 2.96. The minimum Gasteiger partial charge on any atom is -0.135 e. The van der Waals surface area contributed by atoms with E-state index in [1.54, 1.807) is 0 Å². The van der Waals surface area contributed by atoms with Crippen LogP contribution in [0.2, 0.25) is 0 Å². The van der Waals surface area contributed by atoms with Crippen molar-refractivity contribution in [3.63, 3.8) is 0 Å². The average molecular weight is 314 g/mol. The summed E-state index contributed by atoms with van der Waals surface area (Å²) in [6.45, 7) is 0. The van der Waals surface area contributed by atoms with Crippen LogP contribution < -0.4 is 0 Å². The molecule has 112 valence electrons. The Labute approximate surface area is 140 Å². The summed E-state index contributed by atoms with van der Waals surface area (Å²) in [4.78, 5) is 0. The van der Waals surface area contributed by atoms with Crippen LogP contribution in [0.25, 0.3) is 26.2 Å². The molecule has 3 aromatic carbocycles. The number of fused-ring (bicyclic) bond motifs is 3. The van der Waals surface area contributed by atoms with E-state index in [1.807, 2.05) is 11.3 Å². The second-order valence-corrected chi connectivity index (χ2v) is 6.86. The molecule has 23 heavy (non-hydrogen) atoms. The lowest BCUT2D eigenvalue weighted by molar-refractivity contribution is 1.01. The maximum absolute atomic E-state index is 2.31. The lowest BCUT2D eigenvalue weighted by Gasteiger charge is -1.98. The van der Waals surface area contributed by atoms with Crippen LogP contribution in [0.4, 0.5) is 0 Å². The normalized spacial score (nSPS) is 11.7. The third kappa shape index (κ3) is 3.06. The first-order valence-corrected chi connectivity index (χ1v) is 8.83. The third-order valence-electron chi connectivity index (χ3n) is 4.15. The summed E-state index contributed by atoms with van der Waals surface area (Å²) in [7, 11) is 0. The fourth-order valence-corrected chi connectivity index (χ4v) is 4.05. The Hall–Kier alpha value is -2.38. The Balaban J connectivity index is 1.54. The van der Waals surface area contributed by atoms with E-state index >= 15 is 0 Å². The predicted octanol–water partition coefficient (Wildman–Crippen LogP) is 6.70.